The normalized spacial score (nSPS) is 10.8. The van der Waals surface area contributed by atoms with Gasteiger partial charge in [0, 0.05) is 5.02 Å². The predicted octanol–water partition coefficient (Wildman–Crippen LogP) is 4.06. The average Bonchev–Trinajstić information content (AvgIpc) is 2.35. The van der Waals surface area contributed by atoms with E-state index in [0.29, 0.717) is 10.7 Å². The summed E-state index contributed by atoms with van der Waals surface area (Å²) in [6.07, 6.45) is 1.10. The number of hydrogen-bond acceptors (Lipinski definition) is 2. The lowest BCUT2D eigenvalue weighted by molar-refractivity contribution is 0.580. The standard InChI is InChI=1S/C13H9ClF2N2/c14-9-4-6-10(7-5-9)18-17-8-11-12(15)2-1-3-13(11)16/h1-8,18H/b17-8-. The zero-order valence-corrected chi connectivity index (χ0v) is 9.96. The minimum absolute atomic E-state index is 0.182. The SMILES string of the molecule is Fc1cccc(F)c1/C=N\Nc1ccc(Cl)cc1. The molecule has 0 atom stereocenters. The van der Waals surface area contributed by atoms with Crippen LogP contribution in [0.4, 0.5) is 14.5 Å². The van der Waals surface area contributed by atoms with Crippen molar-refractivity contribution in [1.82, 2.24) is 0 Å². The van der Waals surface area contributed by atoms with Gasteiger partial charge in [0.15, 0.2) is 0 Å². The summed E-state index contributed by atoms with van der Waals surface area (Å²) in [7, 11) is 0. The van der Waals surface area contributed by atoms with Crippen molar-refractivity contribution in [2.24, 2.45) is 5.10 Å². The van der Waals surface area contributed by atoms with Crippen molar-refractivity contribution < 1.29 is 8.78 Å². The van der Waals surface area contributed by atoms with Gasteiger partial charge >= 0.3 is 0 Å². The molecule has 92 valence electrons. The van der Waals surface area contributed by atoms with Crippen molar-refractivity contribution in [1.29, 1.82) is 0 Å². The molecule has 0 saturated heterocycles. The van der Waals surface area contributed by atoms with Gasteiger partial charge in [-0.1, -0.05) is 17.7 Å². The van der Waals surface area contributed by atoms with Gasteiger partial charge in [-0.05, 0) is 36.4 Å². The topological polar surface area (TPSA) is 24.4 Å². The van der Waals surface area contributed by atoms with Gasteiger partial charge in [-0.15, -0.1) is 0 Å². The Morgan fingerprint density at radius 3 is 2.22 bits per heavy atom. The Kier molecular flexibility index (Phi) is 3.89. The van der Waals surface area contributed by atoms with Gasteiger partial charge in [0.1, 0.15) is 11.6 Å². The Balaban J connectivity index is 2.10. The smallest absolute Gasteiger partial charge is 0.134 e. The van der Waals surface area contributed by atoms with E-state index in [0.717, 1.165) is 6.21 Å². The van der Waals surface area contributed by atoms with E-state index in [9.17, 15) is 8.78 Å². The lowest BCUT2D eigenvalue weighted by Crippen LogP contribution is -1.96. The first-order valence-electron chi connectivity index (χ1n) is 5.15. The molecule has 0 aliphatic heterocycles. The Morgan fingerprint density at radius 1 is 1.00 bits per heavy atom. The molecular formula is C13H9ClF2N2. The van der Waals surface area contributed by atoms with Crippen molar-refractivity contribution in [3.05, 3.63) is 64.7 Å². The van der Waals surface area contributed by atoms with Crippen LogP contribution < -0.4 is 5.43 Å². The number of halogens is 3. The van der Waals surface area contributed by atoms with Crippen molar-refractivity contribution >= 4 is 23.5 Å². The van der Waals surface area contributed by atoms with Gasteiger partial charge in [0.05, 0.1) is 17.5 Å². The summed E-state index contributed by atoms with van der Waals surface area (Å²) in [5.74, 6) is -1.31. The predicted molar refractivity (Wildman–Crippen MR) is 69.0 cm³/mol. The van der Waals surface area contributed by atoms with Crippen LogP contribution in [-0.2, 0) is 0 Å². The Labute approximate surface area is 108 Å². The van der Waals surface area contributed by atoms with Crippen LogP contribution in [-0.4, -0.2) is 6.21 Å². The summed E-state index contributed by atoms with van der Waals surface area (Å²) < 4.78 is 26.5. The largest absolute Gasteiger partial charge is 0.278 e. The highest BCUT2D eigenvalue weighted by atomic mass is 35.5. The zero-order chi connectivity index (χ0) is 13.0. The molecule has 0 fully saturated rings. The molecule has 18 heavy (non-hydrogen) atoms. The molecule has 1 N–H and O–H groups in total. The van der Waals surface area contributed by atoms with E-state index in [4.69, 9.17) is 11.6 Å². The summed E-state index contributed by atoms with van der Waals surface area (Å²) in [5.41, 5.74) is 3.14. The lowest BCUT2D eigenvalue weighted by Gasteiger charge is -2.01. The van der Waals surface area contributed by atoms with Gasteiger partial charge in [-0.3, -0.25) is 5.43 Å². The molecule has 0 amide bonds. The second-order valence-corrected chi connectivity index (χ2v) is 3.95. The molecule has 0 radical (unpaired) electrons. The molecule has 0 unspecified atom stereocenters. The maximum atomic E-state index is 13.3. The summed E-state index contributed by atoms with van der Waals surface area (Å²) in [6, 6.07) is 10.4. The highest BCUT2D eigenvalue weighted by Crippen LogP contribution is 2.13. The molecule has 2 nitrogen and oxygen atoms in total. The van der Waals surface area contributed by atoms with E-state index in [1.54, 1.807) is 24.3 Å². The Morgan fingerprint density at radius 2 is 1.61 bits per heavy atom. The van der Waals surface area contributed by atoms with Crippen LogP contribution in [0.5, 0.6) is 0 Å². The third-order valence-electron chi connectivity index (χ3n) is 2.23. The molecule has 0 aliphatic carbocycles. The maximum absolute atomic E-state index is 13.3. The van der Waals surface area contributed by atoms with E-state index in [-0.39, 0.29) is 5.56 Å². The van der Waals surface area contributed by atoms with Crippen LogP contribution >= 0.6 is 11.6 Å². The molecule has 0 spiro atoms. The first-order chi connectivity index (χ1) is 8.66. The molecule has 0 bridgehead atoms. The molecule has 5 heteroatoms. The van der Waals surface area contributed by atoms with Crippen molar-refractivity contribution in [2.45, 2.75) is 0 Å². The Hall–Kier alpha value is -1.94. The lowest BCUT2D eigenvalue weighted by atomic mass is 10.2. The van der Waals surface area contributed by atoms with Crippen molar-refractivity contribution in [3.63, 3.8) is 0 Å². The molecule has 0 aliphatic rings. The van der Waals surface area contributed by atoms with Crippen LogP contribution in [0.3, 0.4) is 0 Å². The molecule has 2 rings (SSSR count). The highest BCUT2D eigenvalue weighted by molar-refractivity contribution is 6.30. The van der Waals surface area contributed by atoms with E-state index >= 15 is 0 Å². The Bertz CT molecular complexity index is 547. The number of anilines is 1. The van der Waals surface area contributed by atoms with Crippen LogP contribution in [0.15, 0.2) is 47.6 Å². The number of hydrogen-bond donors (Lipinski definition) is 1. The monoisotopic (exact) mass is 266 g/mol. The molecule has 0 saturated carbocycles. The highest BCUT2D eigenvalue weighted by Gasteiger charge is 2.04. The summed E-state index contributed by atoms with van der Waals surface area (Å²) in [4.78, 5) is 0. The third kappa shape index (κ3) is 3.05. The van der Waals surface area contributed by atoms with Gasteiger partial charge in [-0.25, -0.2) is 8.78 Å². The van der Waals surface area contributed by atoms with Crippen LogP contribution in [0.2, 0.25) is 5.02 Å². The average molecular weight is 267 g/mol. The minimum Gasteiger partial charge on any atom is -0.278 e. The first-order valence-corrected chi connectivity index (χ1v) is 5.53. The third-order valence-corrected chi connectivity index (χ3v) is 2.48. The van der Waals surface area contributed by atoms with Gasteiger partial charge in [0.2, 0.25) is 0 Å². The number of hydrazone groups is 1. The van der Waals surface area contributed by atoms with Crippen LogP contribution in [0.1, 0.15) is 5.56 Å². The zero-order valence-electron chi connectivity index (χ0n) is 9.20. The number of rotatable bonds is 3. The number of benzene rings is 2. The van der Waals surface area contributed by atoms with Crippen LogP contribution in [0.25, 0.3) is 0 Å². The van der Waals surface area contributed by atoms with Gasteiger partial charge in [0.25, 0.3) is 0 Å². The quantitative estimate of drug-likeness (QED) is 0.657. The summed E-state index contributed by atoms with van der Waals surface area (Å²) in [5, 5.41) is 4.37. The van der Waals surface area contributed by atoms with E-state index in [1.807, 2.05) is 0 Å². The summed E-state index contributed by atoms with van der Waals surface area (Å²) in [6.45, 7) is 0. The molecule has 0 aromatic heterocycles. The second kappa shape index (κ2) is 5.60. The van der Waals surface area contributed by atoms with E-state index in [2.05, 4.69) is 10.5 Å². The fourth-order valence-corrected chi connectivity index (χ4v) is 1.46. The fraction of sp³-hybridized carbons (Fsp3) is 0. The molecule has 0 heterocycles. The van der Waals surface area contributed by atoms with Crippen molar-refractivity contribution in [2.75, 3.05) is 5.43 Å². The minimum atomic E-state index is -0.656. The van der Waals surface area contributed by atoms with Gasteiger partial charge in [-0.2, -0.15) is 5.10 Å². The van der Waals surface area contributed by atoms with E-state index < -0.39 is 11.6 Å². The molecular weight excluding hydrogens is 258 g/mol. The second-order valence-electron chi connectivity index (χ2n) is 3.51. The fourth-order valence-electron chi connectivity index (χ4n) is 1.33. The first kappa shape index (κ1) is 12.5. The number of nitrogens with zero attached hydrogens (tertiary/aromatic N) is 1. The van der Waals surface area contributed by atoms with Gasteiger partial charge < -0.3 is 0 Å². The van der Waals surface area contributed by atoms with Crippen molar-refractivity contribution in [3.8, 4) is 0 Å². The number of nitrogens with one attached hydrogen (secondary N) is 1. The maximum Gasteiger partial charge on any atom is 0.134 e. The van der Waals surface area contributed by atoms with E-state index in [1.165, 1.54) is 18.2 Å². The molecule has 2 aromatic carbocycles. The molecule has 2 aromatic rings. The van der Waals surface area contributed by atoms with Crippen LogP contribution in [0, 0.1) is 11.6 Å². The summed E-state index contributed by atoms with van der Waals surface area (Å²) >= 11 is 5.72.